The van der Waals surface area contributed by atoms with Gasteiger partial charge in [-0.2, -0.15) is 13.2 Å². The minimum Gasteiger partial charge on any atom is -0.381 e. The van der Waals surface area contributed by atoms with Crippen molar-refractivity contribution in [3.05, 3.63) is 59.5 Å². The first-order chi connectivity index (χ1) is 17.7. The van der Waals surface area contributed by atoms with Crippen LogP contribution < -0.4 is 10.6 Å². The molecule has 1 aromatic carbocycles. The van der Waals surface area contributed by atoms with E-state index in [1.54, 1.807) is 49.5 Å². The second-order valence-electron chi connectivity index (χ2n) is 9.36. The lowest BCUT2D eigenvalue weighted by Gasteiger charge is -2.23. The van der Waals surface area contributed by atoms with E-state index in [0.29, 0.717) is 35.2 Å². The number of halogens is 3. The van der Waals surface area contributed by atoms with E-state index in [0.717, 1.165) is 37.0 Å². The Labute approximate surface area is 214 Å². The maximum Gasteiger partial charge on any atom is 0.406 e. The number of nitrogens with zero attached hydrogens (tertiary/aromatic N) is 3. The van der Waals surface area contributed by atoms with Gasteiger partial charge in [0.05, 0.1) is 29.8 Å². The van der Waals surface area contributed by atoms with Gasteiger partial charge in [0, 0.05) is 36.7 Å². The number of anilines is 1. The number of alkyl halides is 3. The summed E-state index contributed by atoms with van der Waals surface area (Å²) < 4.78 is 46.7. The minimum atomic E-state index is -4.37. The fourth-order valence-corrected chi connectivity index (χ4v) is 4.26. The number of fused-ring (bicyclic) bond motifs is 1. The van der Waals surface area contributed by atoms with Crippen molar-refractivity contribution in [2.75, 3.05) is 39.2 Å². The molecule has 1 aliphatic heterocycles. The van der Waals surface area contributed by atoms with Crippen LogP contribution in [0.5, 0.6) is 0 Å². The highest BCUT2D eigenvalue weighted by Crippen LogP contribution is 2.26. The van der Waals surface area contributed by atoms with Crippen LogP contribution in [-0.4, -0.2) is 65.6 Å². The SMILES string of the molecule is CN(C)C(O)c1ccc(NCC#Cc2cc3cc(CNC4CCOCC4)ccc3n2CC(F)(F)F)cn1. The molecule has 2 aromatic heterocycles. The van der Waals surface area contributed by atoms with Gasteiger partial charge in [0.1, 0.15) is 12.8 Å². The van der Waals surface area contributed by atoms with Crippen LogP contribution in [0, 0.1) is 11.8 Å². The van der Waals surface area contributed by atoms with Crippen LogP contribution in [0.25, 0.3) is 10.9 Å². The van der Waals surface area contributed by atoms with Crippen molar-refractivity contribution in [3.63, 3.8) is 0 Å². The zero-order valence-corrected chi connectivity index (χ0v) is 21.0. The molecule has 0 radical (unpaired) electrons. The van der Waals surface area contributed by atoms with E-state index in [1.165, 1.54) is 4.57 Å². The van der Waals surface area contributed by atoms with Gasteiger partial charge in [0.2, 0.25) is 0 Å². The highest BCUT2D eigenvalue weighted by atomic mass is 19.4. The highest BCUT2D eigenvalue weighted by Gasteiger charge is 2.29. The minimum absolute atomic E-state index is 0.227. The number of hydrogen-bond acceptors (Lipinski definition) is 6. The van der Waals surface area contributed by atoms with Gasteiger partial charge in [-0.3, -0.25) is 9.88 Å². The van der Waals surface area contributed by atoms with E-state index in [-0.39, 0.29) is 6.54 Å². The van der Waals surface area contributed by atoms with E-state index in [2.05, 4.69) is 27.5 Å². The predicted octanol–water partition coefficient (Wildman–Crippen LogP) is 3.88. The summed E-state index contributed by atoms with van der Waals surface area (Å²) >= 11 is 0. The Balaban J connectivity index is 1.46. The number of ether oxygens (including phenoxy) is 1. The number of aliphatic hydroxyl groups excluding tert-OH is 1. The van der Waals surface area contributed by atoms with Gasteiger partial charge in [0.25, 0.3) is 0 Å². The molecule has 1 aliphatic rings. The zero-order chi connectivity index (χ0) is 26.4. The Hall–Kier alpha value is -3.10. The molecule has 3 N–H and O–H groups in total. The summed E-state index contributed by atoms with van der Waals surface area (Å²) in [5, 5.41) is 17.4. The maximum atomic E-state index is 13.4. The molecule has 4 rings (SSSR count). The molecular formula is C27H32F3N5O2. The summed E-state index contributed by atoms with van der Waals surface area (Å²) in [5.74, 6) is 5.81. The fraction of sp³-hybridized carbons (Fsp3) is 0.444. The van der Waals surface area contributed by atoms with Crippen molar-refractivity contribution in [2.45, 2.75) is 44.4 Å². The number of benzene rings is 1. The molecule has 198 valence electrons. The van der Waals surface area contributed by atoms with Crippen molar-refractivity contribution < 1.29 is 23.0 Å². The predicted molar refractivity (Wildman–Crippen MR) is 137 cm³/mol. The fourth-order valence-electron chi connectivity index (χ4n) is 4.26. The first-order valence-corrected chi connectivity index (χ1v) is 12.2. The molecule has 0 saturated carbocycles. The monoisotopic (exact) mass is 515 g/mol. The summed E-state index contributed by atoms with van der Waals surface area (Å²) in [6.07, 6.45) is -1.68. The molecule has 10 heteroatoms. The van der Waals surface area contributed by atoms with Gasteiger partial charge in [-0.25, -0.2) is 0 Å². The maximum absolute atomic E-state index is 13.4. The topological polar surface area (TPSA) is 74.6 Å². The van der Waals surface area contributed by atoms with E-state index in [4.69, 9.17) is 4.74 Å². The van der Waals surface area contributed by atoms with Gasteiger partial charge in [-0.15, -0.1) is 0 Å². The molecule has 0 aliphatic carbocycles. The standard InChI is InChI=1S/C27H32F3N5O2/c1-34(2)26(36)24-7-6-22(17-33-24)31-11-3-4-23-15-20-14-19(16-32-21-9-12-37-13-10-21)5-8-25(20)35(23)18-27(28,29)30/h5-8,14-15,17,21,26,31-32,36H,9-13,16,18H2,1-2H3. The van der Waals surface area contributed by atoms with Crippen molar-refractivity contribution in [3.8, 4) is 11.8 Å². The number of rotatable bonds is 8. The van der Waals surface area contributed by atoms with Crippen molar-refractivity contribution in [1.29, 1.82) is 0 Å². The van der Waals surface area contributed by atoms with Gasteiger partial charge < -0.3 is 25.0 Å². The number of pyridine rings is 1. The largest absolute Gasteiger partial charge is 0.406 e. The van der Waals surface area contributed by atoms with Gasteiger partial charge in [-0.1, -0.05) is 12.0 Å². The summed E-state index contributed by atoms with van der Waals surface area (Å²) in [4.78, 5) is 5.86. The Kier molecular flexibility index (Phi) is 8.71. The second-order valence-corrected chi connectivity index (χ2v) is 9.36. The average molecular weight is 516 g/mol. The van der Waals surface area contributed by atoms with Crippen LogP contribution >= 0.6 is 0 Å². The van der Waals surface area contributed by atoms with Crippen LogP contribution in [0.15, 0.2) is 42.6 Å². The molecule has 0 bridgehead atoms. The lowest BCUT2D eigenvalue weighted by Crippen LogP contribution is -2.34. The third kappa shape index (κ3) is 7.46. The number of aromatic nitrogens is 2. The Bertz CT molecular complexity index is 1240. The first-order valence-electron chi connectivity index (χ1n) is 12.2. The van der Waals surface area contributed by atoms with E-state index in [1.807, 2.05) is 12.1 Å². The number of hydrogen-bond donors (Lipinski definition) is 3. The van der Waals surface area contributed by atoms with Gasteiger partial charge in [0.15, 0.2) is 0 Å². The zero-order valence-electron chi connectivity index (χ0n) is 21.0. The smallest absolute Gasteiger partial charge is 0.381 e. The third-order valence-electron chi connectivity index (χ3n) is 6.26. The lowest BCUT2D eigenvalue weighted by atomic mass is 10.1. The Morgan fingerprint density at radius 3 is 2.65 bits per heavy atom. The first kappa shape index (κ1) is 26.9. The molecule has 3 aromatic rings. The van der Waals surface area contributed by atoms with Crippen LogP contribution in [0.2, 0.25) is 0 Å². The molecule has 1 fully saturated rings. The molecule has 0 spiro atoms. The van der Waals surface area contributed by atoms with Crippen molar-refractivity contribution >= 4 is 16.6 Å². The van der Waals surface area contributed by atoms with Crippen LogP contribution in [0.3, 0.4) is 0 Å². The molecule has 37 heavy (non-hydrogen) atoms. The van der Waals surface area contributed by atoms with Crippen molar-refractivity contribution in [1.82, 2.24) is 19.8 Å². The van der Waals surface area contributed by atoms with E-state index in [9.17, 15) is 18.3 Å². The summed E-state index contributed by atoms with van der Waals surface area (Å²) in [6, 6.07) is 11.1. The van der Waals surface area contributed by atoms with E-state index >= 15 is 0 Å². The van der Waals surface area contributed by atoms with Crippen LogP contribution in [0.1, 0.15) is 36.0 Å². The Morgan fingerprint density at radius 2 is 1.97 bits per heavy atom. The average Bonchev–Trinajstić information content (AvgIpc) is 3.20. The molecular weight excluding hydrogens is 483 g/mol. The summed E-state index contributed by atoms with van der Waals surface area (Å²) in [7, 11) is 3.49. The van der Waals surface area contributed by atoms with Crippen LogP contribution in [-0.2, 0) is 17.8 Å². The number of aliphatic hydroxyl groups is 1. The van der Waals surface area contributed by atoms with E-state index < -0.39 is 18.9 Å². The van der Waals surface area contributed by atoms with Crippen LogP contribution in [0.4, 0.5) is 18.9 Å². The Morgan fingerprint density at radius 1 is 1.19 bits per heavy atom. The highest BCUT2D eigenvalue weighted by molar-refractivity contribution is 5.83. The lowest BCUT2D eigenvalue weighted by molar-refractivity contribution is -0.140. The molecule has 7 nitrogen and oxygen atoms in total. The molecule has 1 saturated heterocycles. The molecule has 0 amide bonds. The van der Waals surface area contributed by atoms with Crippen molar-refractivity contribution in [2.24, 2.45) is 0 Å². The molecule has 1 atom stereocenters. The molecule has 1 unspecified atom stereocenters. The van der Waals surface area contributed by atoms with Gasteiger partial charge in [-0.05, 0) is 68.8 Å². The second kappa shape index (κ2) is 12.0. The summed E-state index contributed by atoms with van der Waals surface area (Å²) in [6.45, 7) is 1.26. The quantitative estimate of drug-likeness (QED) is 0.312. The number of nitrogens with one attached hydrogen (secondary N) is 2. The molecule has 3 heterocycles. The van der Waals surface area contributed by atoms with Gasteiger partial charge >= 0.3 is 6.18 Å². The summed E-state index contributed by atoms with van der Waals surface area (Å²) in [5.41, 5.74) is 3.04. The normalized spacial score (nSPS) is 15.5. The third-order valence-corrected chi connectivity index (χ3v) is 6.26.